The summed E-state index contributed by atoms with van der Waals surface area (Å²) < 4.78 is 19.2. The number of ether oxygens (including phenoxy) is 1. The Labute approximate surface area is 141 Å². The number of halogens is 1. The van der Waals surface area contributed by atoms with E-state index in [-0.39, 0.29) is 17.8 Å². The lowest BCUT2D eigenvalue weighted by Crippen LogP contribution is -2.52. The first-order chi connectivity index (χ1) is 11.5. The molecule has 2 aromatic rings. The highest BCUT2D eigenvalue weighted by Gasteiger charge is 2.44. The van der Waals surface area contributed by atoms with Crippen molar-refractivity contribution >= 4 is 16.7 Å². The van der Waals surface area contributed by atoms with E-state index in [0.29, 0.717) is 25.2 Å². The van der Waals surface area contributed by atoms with E-state index in [1.54, 1.807) is 6.07 Å². The predicted molar refractivity (Wildman–Crippen MR) is 91.6 cm³/mol. The molecule has 0 aliphatic carbocycles. The minimum atomic E-state index is -0.714. The molecule has 0 radical (unpaired) electrons. The average molecular weight is 330 g/mol. The highest BCUT2D eigenvalue weighted by molar-refractivity contribution is 5.80. The molecule has 5 heteroatoms. The fraction of sp³-hybridized carbons (Fsp3) is 0.526. The van der Waals surface area contributed by atoms with Crippen molar-refractivity contribution in [3.63, 3.8) is 0 Å². The monoisotopic (exact) mass is 330 g/mol. The molecule has 1 N–H and O–H groups in total. The Morgan fingerprint density at radius 3 is 3.00 bits per heavy atom. The van der Waals surface area contributed by atoms with Gasteiger partial charge in [0.25, 0.3) is 0 Å². The van der Waals surface area contributed by atoms with E-state index in [9.17, 15) is 9.50 Å². The van der Waals surface area contributed by atoms with Crippen LogP contribution >= 0.6 is 0 Å². The predicted octanol–water partition coefficient (Wildman–Crippen LogP) is 3.13. The molecule has 3 heterocycles. The Bertz CT molecular complexity index is 749. The van der Waals surface area contributed by atoms with E-state index >= 15 is 0 Å². The quantitative estimate of drug-likeness (QED) is 0.919. The molecule has 128 valence electrons. The van der Waals surface area contributed by atoms with Crippen molar-refractivity contribution in [1.82, 2.24) is 4.98 Å². The third-order valence-electron chi connectivity index (χ3n) is 5.55. The van der Waals surface area contributed by atoms with E-state index in [4.69, 9.17) is 4.74 Å². The van der Waals surface area contributed by atoms with Crippen molar-refractivity contribution in [1.29, 1.82) is 0 Å². The normalized spacial score (nSPS) is 30.9. The molecule has 4 nitrogen and oxygen atoms in total. The van der Waals surface area contributed by atoms with Crippen LogP contribution in [-0.2, 0) is 4.74 Å². The lowest BCUT2D eigenvalue weighted by atomic mass is 9.79. The van der Waals surface area contributed by atoms with E-state index < -0.39 is 5.60 Å². The molecule has 0 amide bonds. The van der Waals surface area contributed by atoms with E-state index in [1.165, 1.54) is 12.1 Å². The molecule has 4 rings (SSSR count). The minimum Gasteiger partial charge on any atom is -0.390 e. The first kappa shape index (κ1) is 15.8. The summed E-state index contributed by atoms with van der Waals surface area (Å²) in [6.07, 6.45) is 2.76. The molecule has 2 saturated heterocycles. The van der Waals surface area contributed by atoms with Gasteiger partial charge in [-0.1, -0.05) is 0 Å². The maximum absolute atomic E-state index is 13.5. The van der Waals surface area contributed by atoms with Crippen LogP contribution in [0.1, 0.15) is 26.2 Å². The SMILES string of the molecule is C[C@]1(O)CCOC[C@H]1[C@@H]1CCCN1c1ccc2ccc(F)cc2n1. The zero-order valence-corrected chi connectivity index (χ0v) is 13.9. The van der Waals surface area contributed by atoms with Crippen molar-refractivity contribution in [3.05, 3.63) is 36.1 Å². The van der Waals surface area contributed by atoms with Crippen molar-refractivity contribution in [2.45, 2.75) is 37.8 Å². The number of pyridine rings is 1. The summed E-state index contributed by atoms with van der Waals surface area (Å²) in [4.78, 5) is 6.94. The van der Waals surface area contributed by atoms with Crippen LogP contribution in [0.5, 0.6) is 0 Å². The van der Waals surface area contributed by atoms with Gasteiger partial charge < -0.3 is 14.7 Å². The van der Waals surface area contributed by atoms with Crippen molar-refractivity contribution < 1.29 is 14.2 Å². The molecule has 0 saturated carbocycles. The van der Waals surface area contributed by atoms with Gasteiger partial charge in [0.05, 0.1) is 17.7 Å². The Morgan fingerprint density at radius 1 is 1.33 bits per heavy atom. The number of nitrogens with zero attached hydrogens (tertiary/aromatic N) is 2. The number of anilines is 1. The lowest BCUT2D eigenvalue weighted by molar-refractivity contribution is -0.108. The van der Waals surface area contributed by atoms with Crippen LogP contribution in [0, 0.1) is 11.7 Å². The van der Waals surface area contributed by atoms with Gasteiger partial charge in [0, 0.05) is 36.6 Å². The van der Waals surface area contributed by atoms with Gasteiger partial charge in [0.2, 0.25) is 0 Å². The molecule has 1 aromatic carbocycles. The smallest absolute Gasteiger partial charge is 0.129 e. The fourth-order valence-electron chi connectivity index (χ4n) is 4.11. The second-order valence-corrected chi connectivity index (χ2v) is 7.20. The average Bonchev–Trinajstić information content (AvgIpc) is 3.03. The standard InChI is InChI=1S/C19H23FN2O2/c1-19(23)8-10-24-12-15(19)17-3-2-9-22(17)18-7-5-13-4-6-14(20)11-16(13)21-18/h4-7,11,15,17,23H,2-3,8-10,12H2,1H3/t15-,17-,19-/m0/s1. The molecular formula is C19H23FN2O2. The maximum Gasteiger partial charge on any atom is 0.129 e. The van der Waals surface area contributed by atoms with Crippen LogP contribution in [-0.4, -0.2) is 41.5 Å². The number of aromatic nitrogens is 1. The van der Waals surface area contributed by atoms with Gasteiger partial charge in [-0.15, -0.1) is 0 Å². The van der Waals surface area contributed by atoms with E-state index in [2.05, 4.69) is 9.88 Å². The van der Waals surface area contributed by atoms with Gasteiger partial charge in [-0.05, 0) is 50.5 Å². The van der Waals surface area contributed by atoms with Crippen LogP contribution in [0.15, 0.2) is 30.3 Å². The Morgan fingerprint density at radius 2 is 2.17 bits per heavy atom. The summed E-state index contributed by atoms with van der Waals surface area (Å²) in [6.45, 7) is 4.02. The van der Waals surface area contributed by atoms with Crippen molar-refractivity contribution in [2.24, 2.45) is 5.92 Å². The highest BCUT2D eigenvalue weighted by atomic mass is 19.1. The van der Waals surface area contributed by atoms with Crippen LogP contribution < -0.4 is 4.90 Å². The molecule has 2 fully saturated rings. The topological polar surface area (TPSA) is 45.6 Å². The molecular weight excluding hydrogens is 307 g/mol. The number of fused-ring (bicyclic) bond motifs is 1. The zero-order chi connectivity index (χ0) is 16.7. The van der Waals surface area contributed by atoms with Gasteiger partial charge in [-0.3, -0.25) is 0 Å². The molecule has 0 spiro atoms. The maximum atomic E-state index is 13.5. The first-order valence-corrected chi connectivity index (χ1v) is 8.68. The molecule has 2 aliphatic rings. The Hall–Kier alpha value is -1.72. The fourth-order valence-corrected chi connectivity index (χ4v) is 4.11. The minimum absolute atomic E-state index is 0.0683. The lowest BCUT2D eigenvalue weighted by Gasteiger charge is -2.43. The molecule has 3 atom stereocenters. The molecule has 2 aliphatic heterocycles. The van der Waals surface area contributed by atoms with E-state index in [1.807, 2.05) is 19.1 Å². The largest absolute Gasteiger partial charge is 0.390 e. The molecule has 24 heavy (non-hydrogen) atoms. The summed E-state index contributed by atoms with van der Waals surface area (Å²) >= 11 is 0. The second kappa shape index (κ2) is 5.97. The summed E-state index contributed by atoms with van der Waals surface area (Å²) in [6, 6.07) is 8.88. The van der Waals surface area contributed by atoms with Crippen molar-refractivity contribution in [2.75, 3.05) is 24.7 Å². The number of aliphatic hydroxyl groups is 1. The number of hydrogen-bond donors (Lipinski definition) is 1. The van der Waals surface area contributed by atoms with Crippen LogP contribution in [0.2, 0.25) is 0 Å². The van der Waals surface area contributed by atoms with Crippen molar-refractivity contribution in [3.8, 4) is 0 Å². The number of hydrogen-bond acceptors (Lipinski definition) is 4. The summed E-state index contributed by atoms with van der Waals surface area (Å²) in [7, 11) is 0. The highest BCUT2D eigenvalue weighted by Crippen LogP contribution is 2.37. The summed E-state index contributed by atoms with van der Waals surface area (Å²) in [5.41, 5.74) is -0.0427. The van der Waals surface area contributed by atoms with Gasteiger partial charge in [0.15, 0.2) is 0 Å². The third-order valence-corrected chi connectivity index (χ3v) is 5.55. The summed E-state index contributed by atoms with van der Waals surface area (Å²) in [5.74, 6) is 0.657. The number of rotatable bonds is 2. The van der Waals surface area contributed by atoms with Gasteiger partial charge in [0.1, 0.15) is 11.6 Å². The molecule has 0 bridgehead atoms. The Balaban J connectivity index is 1.67. The summed E-state index contributed by atoms with van der Waals surface area (Å²) in [5, 5.41) is 11.7. The zero-order valence-electron chi connectivity index (χ0n) is 13.9. The van der Waals surface area contributed by atoms with Crippen LogP contribution in [0.4, 0.5) is 10.2 Å². The number of benzene rings is 1. The van der Waals surface area contributed by atoms with E-state index in [0.717, 1.165) is 30.6 Å². The Kier molecular flexibility index (Phi) is 3.93. The third kappa shape index (κ3) is 2.76. The van der Waals surface area contributed by atoms with Gasteiger partial charge >= 0.3 is 0 Å². The van der Waals surface area contributed by atoms with Crippen LogP contribution in [0.3, 0.4) is 0 Å². The molecule has 0 unspecified atom stereocenters. The van der Waals surface area contributed by atoms with Gasteiger partial charge in [-0.2, -0.15) is 0 Å². The molecule has 1 aromatic heterocycles. The first-order valence-electron chi connectivity index (χ1n) is 8.68. The van der Waals surface area contributed by atoms with Gasteiger partial charge in [-0.25, -0.2) is 9.37 Å². The second-order valence-electron chi connectivity index (χ2n) is 7.20. The van der Waals surface area contributed by atoms with Crippen LogP contribution in [0.25, 0.3) is 10.9 Å².